The average molecular weight is 227 g/mol. The number of hydrogen-bond acceptors (Lipinski definition) is 4. The van der Waals surface area contributed by atoms with E-state index in [-0.39, 0.29) is 17.5 Å². The minimum absolute atomic E-state index is 0.0519. The van der Waals surface area contributed by atoms with Crippen LogP contribution in [-0.4, -0.2) is 11.3 Å². The molecule has 7 heteroatoms. The van der Waals surface area contributed by atoms with Crippen molar-refractivity contribution in [2.75, 3.05) is 0 Å². The van der Waals surface area contributed by atoms with E-state index in [9.17, 15) is 13.2 Å². The number of hydrogen-bond donors (Lipinski definition) is 0. The van der Waals surface area contributed by atoms with Crippen LogP contribution in [0.4, 0.5) is 13.2 Å². The van der Waals surface area contributed by atoms with E-state index in [4.69, 9.17) is 10.5 Å². The maximum atomic E-state index is 11.8. The zero-order valence-electron chi connectivity index (χ0n) is 7.75. The van der Waals surface area contributed by atoms with E-state index < -0.39 is 12.2 Å². The van der Waals surface area contributed by atoms with Crippen molar-refractivity contribution in [2.45, 2.75) is 12.8 Å². The summed E-state index contributed by atoms with van der Waals surface area (Å²) in [6.07, 6.45) is -4.08. The molecule has 1 rings (SSSR count). The summed E-state index contributed by atoms with van der Waals surface area (Å²) in [6, 6.07) is 4.38. The van der Waals surface area contributed by atoms with E-state index in [1.807, 2.05) is 0 Å². The smallest absolute Gasteiger partial charge is 0.388 e. The molecule has 1 aromatic rings. The van der Waals surface area contributed by atoms with Gasteiger partial charge >= 0.3 is 6.36 Å². The Labute approximate surface area is 88.5 Å². The van der Waals surface area contributed by atoms with Gasteiger partial charge in [-0.25, -0.2) is 4.98 Å². The van der Waals surface area contributed by atoms with Crippen molar-refractivity contribution in [3.8, 4) is 18.0 Å². The lowest BCUT2D eigenvalue weighted by molar-refractivity contribution is -0.276. The molecule has 0 aliphatic carbocycles. The minimum atomic E-state index is -4.84. The summed E-state index contributed by atoms with van der Waals surface area (Å²) in [5.74, 6) is -0.684. The molecule has 0 radical (unpaired) electrons. The highest BCUT2D eigenvalue weighted by atomic mass is 19.4. The van der Waals surface area contributed by atoms with Crippen LogP contribution in [0.3, 0.4) is 0 Å². The molecule has 0 aliphatic rings. The van der Waals surface area contributed by atoms with Crippen LogP contribution >= 0.6 is 0 Å². The van der Waals surface area contributed by atoms with Gasteiger partial charge in [-0.15, -0.1) is 13.2 Å². The number of halogens is 3. The second-order valence-electron chi connectivity index (χ2n) is 2.67. The van der Waals surface area contributed by atoms with Gasteiger partial charge in [-0.2, -0.15) is 10.5 Å². The van der Waals surface area contributed by atoms with Crippen molar-refractivity contribution >= 4 is 0 Å². The average Bonchev–Trinajstić information content (AvgIpc) is 2.16. The summed E-state index contributed by atoms with van der Waals surface area (Å²) >= 11 is 0. The molecule has 0 N–H and O–H groups in total. The van der Waals surface area contributed by atoms with Crippen LogP contribution in [0.1, 0.15) is 11.1 Å². The topological polar surface area (TPSA) is 69.7 Å². The summed E-state index contributed by atoms with van der Waals surface area (Å²) < 4.78 is 39.1. The van der Waals surface area contributed by atoms with Crippen molar-refractivity contribution in [1.82, 2.24) is 4.98 Å². The second-order valence-corrected chi connectivity index (χ2v) is 2.67. The van der Waals surface area contributed by atoms with Crippen LogP contribution < -0.4 is 4.74 Å². The van der Waals surface area contributed by atoms with E-state index in [0.717, 1.165) is 12.3 Å². The zero-order valence-corrected chi connectivity index (χ0v) is 7.75. The standard InChI is InChI=1S/C9H4F3N3O/c10-9(11,12)16-8-3-6(1-2-13)7(4-14)5-15-8/h3,5H,1H2. The molecule has 1 heterocycles. The molecule has 0 saturated heterocycles. The lowest BCUT2D eigenvalue weighted by Crippen LogP contribution is -2.18. The molecule has 82 valence electrons. The Bertz CT molecular complexity index is 470. The highest BCUT2D eigenvalue weighted by molar-refractivity contribution is 5.39. The molecule has 16 heavy (non-hydrogen) atoms. The third-order valence-electron chi connectivity index (χ3n) is 1.57. The van der Waals surface area contributed by atoms with E-state index >= 15 is 0 Å². The lowest BCUT2D eigenvalue weighted by Gasteiger charge is -2.08. The number of rotatable bonds is 2. The molecule has 0 spiro atoms. The summed E-state index contributed by atoms with van der Waals surface area (Å²) in [7, 11) is 0. The molecule has 0 atom stereocenters. The van der Waals surface area contributed by atoms with Gasteiger partial charge in [0.25, 0.3) is 0 Å². The Hall–Kier alpha value is -2.28. The first-order valence-electron chi connectivity index (χ1n) is 3.98. The molecule has 0 aliphatic heterocycles. The van der Waals surface area contributed by atoms with Gasteiger partial charge in [0.1, 0.15) is 6.07 Å². The Morgan fingerprint density at radius 1 is 1.38 bits per heavy atom. The van der Waals surface area contributed by atoms with Crippen molar-refractivity contribution in [3.05, 3.63) is 23.4 Å². The first kappa shape index (κ1) is 11.8. The minimum Gasteiger partial charge on any atom is -0.388 e. The molecule has 4 nitrogen and oxygen atoms in total. The molecular weight excluding hydrogens is 223 g/mol. The van der Waals surface area contributed by atoms with E-state index in [1.54, 1.807) is 12.1 Å². The van der Waals surface area contributed by atoms with Crippen LogP contribution in [0, 0.1) is 22.7 Å². The second kappa shape index (κ2) is 4.49. The third kappa shape index (κ3) is 3.14. The Morgan fingerprint density at radius 3 is 2.56 bits per heavy atom. The van der Waals surface area contributed by atoms with Gasteiger partial charge in [0.15, 0.2) is 0 Å². The molecule has 0 saturated carbocycles. The van der Waals surface area contributed by atoms with Crippen molar-refractivity contribution < 1.29 is 17.9 Å². The van der Waals surface area contributed by atoms with Crippen molar-refractivity contribution in [1.29, 1.82) is 10.5 Å². The lowest BCUT2D eigenvalue weighted by atomic mass is 10.1. The molecule has 0 unspecified atom stereocenters. The number of pyridine rings is 1. The largest absolute Gasteiger partial charge is 0.574 e. The number of nitriles is 2. The zero-order chi connectivity index (χ0) is 12.2. The first-order valence-corrected chi connectivity index (χ1v) is 3.98. The number of ether oxygens (including phenoxy) is 1. The van der Waals surface area contributed by atoms with Crippen molar-refractivity contribution in [3.63, 3.8) is 0 Å². The summed E-state index contributed by atoms with van der Waals surface area (Å²) in [4.78, 5) is 3.30. The third-order valence-corrected chi connectivity index (χ3v) is 1.57. The fourth-order valence-corrected chi connectivity index (χ4v) is 0.982. The van der Waals surface area contributed by atoms with Gasteiger partial charge in [0.05, 0.1) is 18.1 Å². The summed E-state index contributed by atoms with van der Waals surface area (Å²) in [5.41, 5.74) is 0.204. The molecule has 1 aromatic heterocycles. The van der Waals surface area contributed by atoms with Crippen LogP contribution in [0.2, 0.25) is 0 Å². The molecular formula is C9H4F3N3O. The molecule has 0 aromatic carbocycles. The predicted molar refractivity (Wildman–Crippen MR) is 45.0 cm³/mol. The van der Waals surface area contributed by atoms with Crippen LogP contribution in [0.25, 0.3) is 0 Å². The fraction of sp³-hybridized carbons (Fsp3) is 0.222. The SMILES string of the molecule is N#CCc1cc(OC(F)(F)F)ncc1C#N. The monoisotopic (exact) mass is 227 g/mol. The van der Waals surface area contributed by atoms with Gasteiger partial charge in [-0.1, -0.05) is 0 Å². The van der Waals surface area contributed by atoms with Gasteiger partial charge in [0, 0.05) is 12.3 Å². The maximum Gasteiger partial charge on any atom is 0.574 e. The molecule has 0 amide bonds. The number of nitrogens with zero attached hydrogens (tertiary/aromatic N) is 3. The number of alkyl halides is 3. The van der Waals surface area contributed by atoms with Crippen LogP contribution in [0.5, 0.6) is 5.88 Å². The van der Waals surface area contributed by atoms with Gasteiger partial charge in [0.2, 0.25) is 5.88 Å². The Morgan fingerprint density at radius 2 is 2.06 bits per heavy atom. The van der Waals surface area contributed by atoms with Crippen LogP contribution in [0.15, 0.2) is 12.3 Å². The maximum absolute atomic E-state index is 11.8. The molecule has 0 bridgehead atoms. The van der Waals surface area contributed by atoms with Crippen LogP contribution in [-0.2, 0) is 6.42 Å². The summed E-state index contributed by atoms with van der Waals surface area (Å²) in [5, 5.41) is 17.0. The fourth-order valence-electron chi connectivity index (χ4n) is 0.982. The highest BCUT2D eigenvalue weighted by Gasteiger charge is 2.32. The predicted octanol–water partition coefficient (Wildman–Crippen LogP) is 1.92. The van der Waals surface area contributed by atoms with E-state index in [0.29, 0.717) is 0 Å². The Kier molecular flexibility index (Phi) is 3.31. The van der Waals surface area contributed by atoms with E-state index in [2.05, 4.69) is 9.72 Å². The van der Waals surface area contributed by atoms with Crippen molar-refractivity contribution in [2.24, 2.45) is 0 Å². The first-order chi connectivity index (χ1) is 7.46. The normalized spacial score (nSPS) is 10.3. The Balaban J connectivity index is 3.04. The number of aromatic nitrogens is 1. The van der Waals surface area contributed by atoms with E-state index in [1.165, 1.54) is 0 Å². The quantitative estimate of drug-likeness (QED) is 0.773. The molecule has 0 fully saturated rings. The summed E-state index contributed by atoms with van der Waals surface area (Å²) in [6.45, 7) is 0. The highest BCUT2D eigenvalue weighted by Crippen LogP contribution is 2.22. The van der Waals surface area contributed by atoms with Gasteiger partial charge in [-0.3, -0.25) is 0 Å². The van der Waals surface area contributed by atoms with Gasteiger partial charge in [-0.05, 0) is 5.56 Å². The van der Waals surface area contributed by atoms with Gasteiger partial charge < -0.3 is 4.74 Å².